The minimum Gasteiger partial charge on any atom is -0.352 e. The standard InChI is InChI=1S/C33H35Cl3F3N3O4S/c1-3-30(32(44)40-23-7-5-4-6-8-23)41(19-22-11-15-28(35)29(36)17-22)31(43)20-42(47(45,46)25-13-9-21(2)10-14-25)24-12-16-27(34)26(18-24)33(37,38)39/h9-18,23,30H,3-8,19-20H2,1-2H3,(H,40,44). The number of hydrogen-bond donors (Lipinski definition) is 1. The topological polar surface area (TPSA) is 86.8 Å². The number of nitrogens with zero attached hydrogens (tertiary/aromatic N) is 2. The van der Waals surface area contributed by atoms with Crippen molar-refractivity contribution in [1.29, 1.82) is 0 Å². The molecule has 1 aliphatic carbocycles. The van der Waals surface area contributed by atoms with Crippen molar-refractivity contribution in [2.45, 2.75) is 82.1 Å². The van der Waals surface area contributed by atoms with Crippen molar-refractivity contribution in [1.82, 2.24) is 10.2 Å². The number of benzene rings is 3. The highest BCUT2D eigenvalue weighted by molar-refractivity contribution is 7.92. The van der Waals surface area contributed by atoms with E-state index in [0.29, 0.717) is 15.9 Å². The molecule has 0 bridgehead atoms. The second kappa shape index (κ2) is 15.5. The first kappa shape index (κ1) is 36.8. The van der Waals surface area contributed by atoms with Gasteiger partial charge in [0.1, 0.15) is 12.6 Å². The van der Waals surface area contributed by atoms with Gasteiger partial charge in [-0.1, -0.05) is 84.8 Å². The van der Waals surface area contributed by atoms with Crippen molar-refractivity contribution in [3.8, 4) is 0 Å². The summed E-state index contributed by atoms with van der Waals surface area (Å²) in [4.78, 5) is 29.0. The third-order valence-electron chi connectivity index (χ3n) is 8.11. The summed E-state index contributed by atoms with van der Waals surface area (Å²) in [6.07, 6.45) is -0.151. The first-order chi connectivity index (χ1) is 22.1. The van der Waals surface area contributed by atoms with Gasteiger partial charge in [-0.25, -0.2) is 8.42 Å². The van der Waals surface area contributed by atoms with Crippen LogP contribution in [0, 0.1) is 6.92 Å². The highest BCUT2D eigenvalue weighted by atomic mass is 35.5. The van der Waals surface area contributed by atoms with Gasteiger partial charge in [0.2, 0.25) is 11.8 Å². The van der Waals surface area contributed by atoms with Gasteiger partial charge < -0.3 is 10.2 Å². The smallest absolute Gasteiger partial charge is 0.352 e. The number of nitrogens with one attached hydrogen (secondary N) is 1. The van der Waals surface area contributed by atoms with Crippen LogP contribution < -0.4 is 9.62 Å². The summed E-state index contributed by atoms with van der Waals surface area (Å²) >= 11 is 18.2. The van der Waals surface area contributed by atoms with Crippen molar-refractivity contribution < 1.29 is 31.2 Å². The maximum Gasteiger partial charge on any atom is 0.417 e. The van der Waals surface area contributed by atoms with Crippen LogP contribution in [-0.4, -0.2) is 43.8 Å². The lowest BCUT2D eigenvalue weighted by Gasteiger charge is -2.34. The molecule has 1 saturated carbocycles. The highest BCUT2D eigenvalue weighted by Crippen LogP contribution is 2.38. The number of anilines is 1. The molecule has 1 N–H and O–H groups in total. The lowest BCUT2D eigenvalue weighted by atomic mass is 9.95. The molecule has 47 heavy (non-hydrogen) atoms. The Balaban J connectivity index is 1.79. The maximum atomic E-state index is 14.3. The van der Waals surface area contributed by atoms with Crippen LogP contribution in [0.25, 0.3) is 0 Å². The highest BCUT2D eigenvalue weighted by Gasteiger charge is 2.37. The molecule has 0 radical (unpaired) electrons. The van der Waals surface area contributed by atoms with E-state index in [-0.39, 0.29) is 33.9 Å². The Morgan fingerprint density at radius 1 is 0.915 bits per heavy atom. The molecule has 1 unspecified atom stereocenters. The lowest BCUT2D eigenvalue weighted by molar-refractivity contribution is -0.140. The molecule has 0 aliphatic heterocycles. The Labute approximate surface area is 288 Å². The van der Waals surface area contributed by atoms with Gasteiger partial charge in [0.25, 0.3) is 10.0 Å². The van der Waals surface area contributed by atoms with E-state index in [2.05, 4.69) is 5.32 Å². The van der Waals surface area contributed by atoms with Gasteiger partial charge >= 0.3 is 6.18 Å². The van der Waals surface area contributed by atoms with E-state index in [1.165, 1.54) is 41.3 Å². The second-order valence-corrected chi connectivity index (χ2v) is 14.6. The Bertz CT molecular complexity index is 1700. The quantitative estimate of drug-likeness (QED) is 0.215. The molecule has 7 nitrogen and oxygen atoms in total. The molecular formula is C33H35Cl3F3N3O4S. The van der Waals surface area contributed by atoms with Crippen LogP contribution in [0.2, 0.25) is 15.1 Å². The lowest BCUT2D eigenvalue weighted by Crippen LogP contribution is -2.54. The van der Waals surface area contributed by atoms with Crippen molar-refractivity contribution in [2.24, 2.45) is 0 Å². The average molecular weight is 733 g/mol. The summed E-state index contributed by atoms with van der Waals surface area (Å²) < 4.78 is 70.4. The number of aryl methyl sites for hydroxylation is 1. The molecule has 3 aromatic rings. The molecule has 254 valence electrons. The van der Waals surface area contributed by atoms with E-state index in [4.69, 9.17) is 34.8 Å². The molecule has 4 rings (SSSR count). The summed E-state index contributed by atoms with van der Waals surface area (Å²) in [6, 6.07) is 11.9. The molecular weight excluding hydrogens is 698 g/mol. The molecule has 0 heterocycles. The van der Waals surface area contributed by atoms with E-state index in [1.807, 2.05) is 0 Å². The van der Waals surface area contributed by atoms with E-state index in [1.54, 1.807) is 19.9 Å². The van der Waals surface area contributed by atoms with Gasteiger partial charge in [0.15, 0.2) is 0 Å². The van der Waals surface area contributed by atoms with Crippen LogP contribution in [0.1, 0.15) is 62.1 Å². The molecule has 1 fully saturated rings. The fraction of sp³-hybridized carbons (Fsp3) is 0.394. The Kier molecular flexibility index (Phi) is 12.1. The normalized spacial score (nSPS) is 14.8. The summed E-state index contributed by atoms with van der Waals surface area (Å²) in [5.41, 5.74) is -0.431. The number of amides is 2. The third kappa shape index (κ3) is 9.13. The minimum atomic E-state index is -4.90. The number of sulfonamides is 1. The van der Waals surface area contributed by atoms with Crippen molar-refractivity contribution in [3.63, 3.8) is 0 Å². The summed E-state index contributed by atoms with van der Waals surface area (Å²) in [6.45, 7) is 2.40. The van der Waals surface area contributed by atoms with E-state index in [0.717, 1.165) is 49.8 Å². The van der Waals surface area contributed by atoms with Crippen molar-refractivity contribution >= 4 is 62.3 Å². The van der Waals surface area contributed by atoms with Crippen LogP contribution in [0.5, 0.6) is 0 Å². The molecule has 0 aromatic heterocycles. The molecule has 2 amide bonds. The first-order valence-electron chi connectivity index (χ1n) is 15.1. The predicted molar refractivity (Wildman–Crippen MR) is 178 cm³/mol. The zero-order valence-electron chi connectivity index (χ0n) is 25.8. The second-order valence-electron chi connectivity index (χ2n) is 11.5. The zero-order chi connectivity index (χ0) is 34.5. The van der Waals surface area contributed by atoms with Gasteiger partial charge in [-0.2, -0.15) is 13.2 Å². The minimum absolute atomic E-state index is 0.0690. The Morgan fingerprint density at radius 3 is 2.15 bits per heavy atom. The van der Waals surface area contributed by atoms with Crippen LogP contribution >= 0.6 is 34.8 Å². The van der Waals surface area contributed by atoms with Crippen LogP contribution in [0.3, 0.4) is 0 Å². The number of rotatable bonds is 11. The third-order valence-corrected chi connectivity index (χ3v) is 11.0. The summed E-state index contributed by atoms with van der Waals surface area (Å²) in [5, 5.41) is 2.89. The van der Waals surface area contributed by atoms with E-state index >= 15 is 0 Å². The van der Waals surface area contributed by atoms with Gasteiger partial charge in [-0.15, -0.1) is 0 Å². The fourth-order valence-corrected chi connectivity index (χ4v) is 7.50. The van der Waals surface area contributed by atoms with Crippen LogP contribution in [0.4, 0.5) is 18.9 Å². The van der Waals surface area contributed by atoms with Crippen molar-refractivity contribution in [2.75, 3.05) is 10.8 Å². The monoisotopic (exact) mass is 731 g/mol. The van der Waals surface area contributed by atoms with Gasteiger partial charge in [0, 0.05) is 12.6 Å². The zero-order valence-corrected chi connectivity index (χ0v) is 28.9. The molecule has 1 atom stereocenters. The maximum absolute atomic E-state index is 14.3. The molecule has 1 aliphatic rings. The Hall–Kier alpha value is -2.99. The first-order valence-corrected chi connectivity index (χ1v) is 17.7. The number of alkyl halides is 3. The fourth-order valence-electron chi connectivity index (χ4n) is 5.55. The van der Waals surface area contributed by atoms with Gasteiger partial charge in [-0.05, 0) is 74.2 Å². The predicted octanol–water partition coefficient (Wildman–Crippen LogP) is 8.43. The molecule has 0 saturated heterocycles. The molecule has 14 heteroatoms. The number of carbonyl (C=O) groups is 2. The van der Waals surface area contributed by atoms with Gasteiger partial charge in [0.05, 0.1) is 31.2 Å². The number of halogens is 6. The number of hydrogen-bond acceptors (Lipinski definition) is 4. The summed E-state index contributed by atoms with van der Waals surface area (Å²) in [5.74, 6) is -1.23. The van der Waals surface area contributed by atoms with Crippen LogP contribution in [-0.2, 0) is 32.3 Å². The molecule has 0 spiro atoms. The van der Waals surface area contributed by atoms with Crippen LogP contribution in [0.15, 0.2) is 65.6 Å². The largest absolute Gasteiger partial charge is 0.417 e. The average Bonchev–Trinajstić information content (AvgIpc) is 3.02. The SMILES string of the molecule is CCC(C(=O)NC1CCCCC1)N(Cc1ccc(Cl)c(Cl)c1)C(=O)CN(c1ccc(Cl)c(C(F)(F)F)c1)S(=O)(=O)c1ccc(C)cc1. The van der Waals surface area contributed by atoms with Gasteiger partial charge in [-0.3, -0.25) is 13.9 Å². The summed E-state index contributed by atoms with van der Waals surface area (Å²) in [7, 11) is -4.60. The van der Waals surface area contributed by atoms with E-state index in [9.17, 15) is 31.2 Å². The van der Waals surface area contributed by atoms with E-state index < -0.39 is 56.9 Å². The number of carbonyl (C=O) groups excluding carboxylic acids is 2. The van der Waals surface area contributed by atoms with Crippen molar-refractivity contribution in [3.05, 3.63) is 92.4 Å². The Morgan fingerprint density at radius 2 is 1.55 bits per heavy atom. The molecule has 3 aromatic carbocycles.